The third-order valence-corrected chi connectivity index (χ3v) is 3.41. The highest BCUT2D eigenvalue weighted by atomic mass is 16.5. The van der Waals surface area contributed by atoms with E-state index in [2.05, 4.69) is 4.99 Å². The molecule has 0 bridgehead atoms. The number of hydrogen-bond acceptors (Lipinski definition) is 4. The van der Waals surface area contributed by atoms with Crippen LogP contribution in [-0.4, -0.2) is 56.3 Å². The number of likely N-dealkylation sites (N-methyl/N-ethyl adjacent to an activating group) is 1. The molecule has 0 saturated heterocycles. The Morgan fingerprint density at radius 3 is 2.58 bits per heavy atom. The monoisotopic (exact) mass is 271 g/mol. The first-order valence-corrected chi connectivity index (χ1v) is 6.45. The largest absolute Gasteiger partial charge is 0.390 e. The summed E-state index contributed by atoms with van der Waals surface area (Å²) in [5.41, 5.74) is 5.14. The molecule has 0 radical (unpaired) electrons. The van der Waals surface area contributed by atoms with Crippen molar-refractivity contribution in [2.75, 3.05) is 20.7 Å². The maximum absolute atomic E-state index is 12.0. The van der Waals surface area contributed by atoms with Crippen molar-refractivity contribution in [3.63, 3.8) is 0 Å². The van der Waals surface area contributed by atoms with Gasteiger partial charge in [0.2, 0.25) is 5.91 Å². The third-order valence-electron chi connectivity index (χ3n) is 3.41. The zero-order valence-electron chi connectivity index (χ0n) is 12.2. The maximum atomic E-state index is 12.0. The molecule has 0 aliphatic carbocycles. The van der Waals surface area contributed by atoms with Crippen LogP contribution in [0.5, 0.6) is 0 Å². The first-order chi connectivity index (χ1) is 9.03. The van der Waals surface area contributed by atoms with Gasteiger partial charge >= 0.3 is 0 Å². The number of amides is 1. The van der Waals surface area contributed by atoms with E-state index in [0.29, 0.717) is 0 Å². The molecule has 0 heterocycles. The van der Waals surface area contributed by atoms with E-state index in [9.17, 15) is 9.59 Å². The highest BCUT2D eigenvalue weighted by Crippen LogP contribution is 2.21. The summed E-state index contributed by atoms with van der Waals surface area (Å²) in [6.45, 7) is 4.09. The minimum Gasteiger partial charge on any atom is -0.390 e. The molecule has 0 aliphatic rings. The average Bonchev–Trinajstić information content (AvgIpc) is 2.43. The topological polar surface area (TPSA) is 85.0 Å². The third kappa shape index (κ3) is 5.38. The highest BCUT2D eigenvalue weighted by molar-refractivity contribution is 5.79. The number of aldehydes is 1. The van der Waals surface area contributed by atoms with Crippen LogP contribution in [0.1, 0.15) is 26.7 Å². The van der Waals surface area contributed by atoms with Gasteiger partial charge in [-0.15, -0.1) is 0 Å². The Bertz CT molecular complexity index is 308. The lowest BCUT2D eigenvalue weighted by Crippen LogP contribution is -2.50. The number of ether oxygens (including phenoxy) is 1. The molecule has 0 spiro atoms. The van der Waals surface area contributed by atoms with Crippen LogP contribution in [0, 0.1) is 5.92 Å². The van der Waals surface area contributed by atoms with Gasteiger partial charge in [0.1, 0.15) is 12.8 Å². The van der Waals surface area contributed by atoms with Crippen LogP contribution >= 0.6 is 0 Å². The number of rotatable bonds is 9. The van der Waals surface area contributed by atoms with Gasteiger partial charge in [0.15, 0.2) is 0 Å². The number of methoxy groups -OCH3 is 1. The fraction of sp³-hybridized carbons (Fsp3) is 0.769. The van der Waals surface area contributed by atoms with Crippen LogP contribution in [0.4, 0.5) is 0 Å². The number of aliphatic imine (C=N–C) groups is 1. The van der Waals surface area contributed by atoms with Crippen molar-refractivity contribution < 1.29 is 14.3 Å². The predicted molar refractivity (Wildman–Crippen MR) is 75.0 cm³/mol. The van der Waals surface area contributed by atoms with Gasteiger partial charge in [0.25, 0.3) is 0 Å². The Morgan fingerprint density at radius 1 is 1.53 bits per heavy atom. The van der Waals surface area contributed by atoms with Crippen molar-refractivity contribution in [3.05, 3.63) is 0 Å². The van der Waals surface area contributed by atoms with Gasteiger partial charge in [-0.2, -0.15) is 0 Å². The van der Waals surface area contributed by atoms with Crippen molar-refractivity contribution >= 4 is 18.5 Å². The van der Waals surface area contributed by atoms with E-state index in [0.717, 1.165) is 19.0 Å². The molecule has 3 unspecified atom stereocenters. The number of carbonyl (C=O) groups is 2. The lowest BCUT2D eigenvalue weighted by atomic mass is 9.91. The predicted octanol–water partition coefficient (Wildman–Crippen LogP) is 0.451. The molecule has 0 aromatic heterocycles. The van der Waals surface area contributed by atoms with Gasteiger partial charge in [-0.3, -0.25) is 9.79 Å². The highest BCUT2D eigenvalue weighted by Gasteiger charge is 2.31. The number of nitrogens with two attached hydrogens (primary N) is 1. The fourth-order valence-electron chi connectivity index (χ4n) is 2.12. The van der Waals surface area contributed by atoms with Gasteiger partial charge in [0.05, 0.1) is 18.5 Å². The van der Waals surface area contributed by atoms with E-state index < -0.39 is 0 Å². The molecule has 0 fully saturated rings. The Morgan fingerprint density at radius 2 is 2.16 bits per heavy atom. The lowest BCUT2D eigenvalue weighted by molar-refractivity contribution is -0.136. The van der Waals surface area contributed by atoms with Gasteiger partial charge in [0, 0.05) is 20.6 Å². The van der Waals surface area contributed by atoms with Crippen LogP contribution in [-0.2, 0) is 14.3 Å². The van der Waals surface area contributed by atoms with Gasteiger partial charge in [-0.1, -0.05) is 20.3 Å². The SMILES string of the molecule is CCC(C)C(C(CC=O)OC)N(C)C(=O)CN=CN. The van der Waals surface area contributed by atoms with Crippen LogP contribution in [0.3, 0.4) is 0 Å². The fourth-order valence-corrected chi connectivity index (χ4v) is 2.12. The van der Waals surface area contributed by atoms with E-state index in [-0.39, 0.29) is 36.9 Å². The van der Waals surface area contributed by atoms with Gasteiger partial charge in [-0.05, 0) is 5.92 Å². The van der Waals surface area contributed by atoms with Crippen LogP contribution in [0.2, 0.25) is 0 Å². The molecule has 2 N–H and O–H groups in total. The van der Waals surface area contributed by atoms with Gasteiger partial charge < -0.3 is 20.2 Å². The first kappa shape index (κ1) is 17.6. The standard InChI is InChI=1S/C13H25N3O3/c1-5-10(2)13(11(19-4)6-7-17)16(3)12(18)8-15-9-14/h7,9-11,13H,5-6,8H2,1-4H3,(H2,14,15). The maximum Gasteiger partial charge on any atom is 0.244 e. The van der Waals surface area contributed by atoms with Crippen LogP contribution < -0.4 is 5.73 Å². The molecule has 6 nitrogen and oxygen atoms in total. The molecular weight excluding hydrogens is 246 g/mol. The van der Waals surface area contributed by atoms with Crippen LogP contribution in [0.15, 0.2) is 4.99 Å². The van der Waals surface area contributed by atoms with E-state index in [1.165, 1.54) is 0 Å². The number of nitrogens with zero attached hydrogens (tertiary/aromatic N) is 2. The number of carbonyl (C=O) groups excluding carboxylic acids is 2. The summed E-state index contributed by atoms with van der Waals surface area (Å²) in [5.74, 6) is 0.0839. The van der Waals surface area contributed by atoms with Gasteiger partial charge in [-0.25, -0.2) is 0 Å². The lowest BCUT2D eigenvalue weighted by Gasteiger charge is -2.37. The first-order valence-electron chi connectivity index (χ1n) is 6.45. The van der Waals surface area contributed by atoms with Crippen molar-refractivity contribution in [1.82, 2.24) is 4.90 Å². The summed E-state index contributed by atoms with van der Waals surface area (Å²) >= 11 is 0. The molecule has 0 aromatic carbocycles. The Hall–Kier alpha value is -1.43. The quantitative estimate of drug-likeness (QED) is 0.375. The summed E-state index contributed by atoms with van der Waals surface area (Å²) in [5, 5.41) is 0. The van der Waals surface area contributed by atoms with Crippen molar-refractivity contribution in [3.8, 4) is 0 Å². The average molecular weight is 271 g/mol. The Balaban J connectivity index is 5.00. The summed E-state index contributed by atoms with van der Waals surface area (Å²) in [7, 11) is 3.27. The molecule has 6 heteroatoms. The molecule has 0 aromatic rings. The molecule has 0 aliphatic heterocycles. The second kappa shape index (κ2) is 9.49. The van der Waals surface area contributed by atoms with Crippen molar-refractivity contribution in [2.24, 2.45) is 16.6 Å². The van der Waals surface area contributed by atoms with Crippen molar-refractivity contribution in [1.29, 1.82) is 0 Å². The molecule has 19 heavy (non-hydrogen) atoms. The summed E-state index contributed by atoms with van der Waals surface area (Å²) < 4.78 is 5.36. The summed E-state index contributed by atoms with van der Waals surface area (Å²) in [6, 6.07) is -0.152. The summed E-state index contributed by atoms with van der Waals surface area (Å²) in [6.07, 6.45) is 2.79. The Kier molecular flexibility index (Phi) is 8.78. The van der Waals surface area contributed by atoms with E-state index in [4.69, 9.17) is 10.5 Å². The molecule has 1 amide bonds. The number of hydrogen-bond donors (Lipinski definition) is 1. The van der Waals surface area contributed by atoms with Crippen LogP contribution in [0.25, 0.3) is 0 Å². The Labute approximate surface area is 115 Å². The smallest absolute Gasteiger partial charge is 0.244 e. The molecule has 0 saturated carbocycles. The molecular formula is C13H25N3O3. The second-order valence-corrected chi connectivity index (χ2v) is 4.55. The zero-order valence-corrected chi connectivity index (χ0v) is 12.2. The minimum atomic E-state index is -0.303. The zero-order chi connectivity index (χ0) is 14.8. The van der Waals surface area contributed by atoms with E-state index in [1.807, 2.05) is 13.8 Å². The molecule has 0 rings (SSSR count). The molecule has 3 atom stereocenters. The van der Waals surface area contributed by atoms with E-state index in [1.54, 1.807) is 19.1 Å². The van der Waals surface area contributed by atoms with Crippen molar-refractivity contribution in [2.45, 2.75) is 38.8 Å². The normalized spacial score (nSPS) is 16.0. The summed E-state index contributed by atoms with van der Waals surface area (Å²) in [4.78, 5) is 28.1. The minimum absolute atomic E-state index is 0.0114. The van der Waals surface area contributed by atoms with E-state index >= 15 is 0 Å². The second-order valence-electron chi connectivity index (χ2n) is 4.55. The molecule has 110 valence electrons.